The van der Waals surface area contributed by atoms with E-state index in [-0.39, 0.29) is 18.0 Å². The molecule has 1 amide bonds. The number of H-pyrrole nitrogens is 1. The molecule has 0 fully saturated rings. The van der Waals surface area contributed by atoms with Crippen molar-refractivity contribution in [3.63, 3.8) is 0 Å². The molecule has 5 rings (SSSR count). The van der Waals surface area contributed by atoms with Crippen molar-refractivity contribution in [3.05, 3.63) is 72.4 Å². The number of carbonyl (C=O) groups is 1. The molecule has 0 radical (unpaired) electrons. The molecule has 0 atom stereocenters. The van der Waals surface area contributed by atoms with E-state index in [2.05, 4.69) is 15.5 Å². The van der Waals surface area contributed by atoms with Crippen LogP contribution in [0.2, 0.25) is 0 Å². The predicted octanol–water partition coefficient (Wildman–Crippen LogP) is 3.77. The van der Waals surface area contributed by atoms with Gasteiger partial charge in [0.25, 0.3) is 5.56 Å². The van der Waals surface area contributed by atoms with E-state index in [0.29, 0.717) is 21.7 Å². The Morgan fingerprint density at radius 2 is 1.88 bits per heavy atom. The van der Waals surface area contributed by atoms with Crippen molar-refractivity contribution in [2.45, 2.75) is 59.4 Å². The Labute approximate surface area is 200 Å². The van der Waals surface area contributed by atoms with E-state index in [4.69, 9.17) is 0 Å². The van der Waals surface area contributed by atoms with Gasteiger partial charge in [0.15, 0.2) is 5.82 Å². The molecule has 0 spiro atoms. The fourth-order valence-electron chi connectivity index (χ4n) is 4.58. The molecule has 1 aromatic carbocycles. The molecule has 0 unspecified atom stereocenters. The average molecular weight is 478 g/mol. The van der Waals surface area contributed by atoms with Crippen molar-refractivity contribution in [2.24, 2.45) is 0 Å². The lowest BCUT2D eigenvalue weighted by Gasteiger charge is -2.13. The Balaban J connectivity index is 1.71. The number of thiophene rings is 1. The van der Waals surface area contributed by atoms with Crippen LogP contribution in [0.4, 0.5) is 5.82 Å². The van der Waals surface area contributed by atoms with Crippen LogP contribution in [-0.4, -0.2) is 25.2 Å². The molecule has 1 aliphatic carbocycles. The third kappa shape index (κ3) is 3.90. The maximum absolute atomic E-state index is 13.8. The van der Waals surface area contributed by atoms with Crippen LogP contribution in [0, 0.1) is 20.8 Å². The first-order valence-corrected chi connectivity index (χ1v) is 12.3. The van der Waals surface area contributed by atoms with Crippen LogP contribution in [0.25, 0.3) is 15.9 Å². The number of nitrogens with one attached hydrogen (secondary N) is 2. The summed E-state index contributed by atoms with van der Waals surface area (Å²) in [6.07, 6.45) is 4.91. The topological polar surface area (TPSA) is 102 Å². The molecule has 3 heterocycles. The second kappa shape index (κ2) is 8.72. The molecule has 176 valence electrons. The van der Waals surface area contributed by atoms with Crippen LogP contribution < -0.4 is 16.6 Å². The summed E-state index contributed by atoms with van der Waals surface area (Å²) in [5, 5.41) is 10.1. The lowest BCUT2D eigenvalue weighted by molar-refractivity contribution is -0.116. The monoisotopic (exact) mass is 477 g/mol. The number of benzene rings is 1. The van der Waals surface area contributed by atoms with Gasteiger partial charge in [-0.25, -0.2) is 9.36 Å². The minimum atomic E-state index is -0.509. The Hall–Kier alpha value is -3.46. The summed E-state index contributed by atoms with van der Waals surface area (Å²) in [6, 6.07) is 7.27. The van der Waals surface area contributed by atoms with Crippen molar-refractivity contribution in [3.8, 4) is 5.69 Å². The Morgan fingerprint density at radius 1 is 1.09 bits per heavy atom. The van der Waals surface area contributed by atoms with Crippen LogP contribution in [0.15, 0.2) is 33.9 Å². The van der Waals surface area contributed by atoms with Gasteiger partial charge in [0, 0.05) is 16.6 Å². The van der Waals surface area contributed by atoms with Gasteiger partial charge in [0.1, 0.15) is 11.4 Å². The van der Waals surface area contributed by atoms with Crippen LogP contribution >= 0.6 is 11.3 Å². The second-order valence-corrected chi connectivity index (χ2v) is 10.1. The summed E-state index contributed by atoms with van der Waals surface area (Å²) < 4.78 is 2.67. The Kier molecular flexibility index (Phi) is 5.73. The van der Waals surface area contributed by atoms with Crippen LogP contribution in [-0.2, 0) is 24.2 Å². The number of amides is 1. The van der Waals surface area contributed by atoms with Crippen molar-refractivity contribution < 1.29 is 4.79 Å². The summed E-state index contributed by atoms with van der Waals surface area (Å²) in [7, 11) is 0. The fourth-order valence-corrected chi connectivity index (χ4v) is 5.96. The summed E-state index contributed by atoms with van der Waals surface area (Å²) in [5.74, 6) is 0.0278. The molecule has 9 heteroatoms. The molecule has 3 aromatic heterocycles. The van der Waals surface area contributed by atoms with E-state index >= 15 is 0 Å². The summed E-state index contributed by atoms with van der Waals surface area (Å²) in [5.41, 5.74) is 3.64. The zero-order chi connectivity index (χ0) is 24.0. The zero-order valence-corrected chi connectivity index (χ0v) is 20.3. The molecule has 8 nitrogen and oxygen atoms in total. The van der Waals surface area contributed by atoms with E-state index in [1.165, 1.54) is 20.5 Å². The first kappa shape index (κ1) is 22.3. The molecule has 0 bridgehead atoms. The molecule has 0 saturated carbocycles. The standard InChI is InChI=1S/C25H27N5O3S/c1-14-9-10-17(11-15(14)2)30-23(32)22-18-7-5-4-6-8-19(18)34-24(22)29(25(30)33)13-21(31)26-20-12-16(3)27-28-20/h9-12H,4-8,13H2,1-3H3,(H2,26,27,28,31). The van der Waals surface area contributed by atoms with Gasteiger partial charge in [0.05, 0.1) is 11.1 Å². The lowest BCUT2D eigenvalue weighted by atomic mass is 10.1. The maximum Gasteiger partial charge on any atom is 0.337 e. The lowest BCUT2D eigenvalue weighted by Crippen LogP contribution is -2.40. The number of aryl methyl sites for hydroxylation is 5. The summed E-state index contributed by atoms with van der Waals surface area (Å²) in [6.45, 7) is 5.58. The van der Waals surface area contributed by atoms with Gasteiger partial charge in [-0.2, -0.15) is 5.10 Å². The molecule has 4 aromatic rings. The number of anilines is 1. The minimum absolute atomic E-state index is 0.203. The third-order valence-electron chi connectivity index (χ3n) is 6.51. The van der Waals surface area contributed by atoms with Gasteiger partial charge in [0.2, 0.25) is 5.91 Å². The first-order valence-electron chi connectivity index (χ1n) is 11.5. The van der Waals surface area contributed by atoms with E-state index in [9.17, 15) is 14.4 Å². The minimum Gasteiger partial charge on any atom is -0.308 e. The highest BCUT2D eigenvalue weighted by molar-refractivity contribution is 7.18. The predicted molar refractivity (Wildman–Crippen MR) is 134 cm³/mol. The van der Waals surface area contributed by atoms with Crippen molar-refractivity contribution in [1.29, 1.82) is 0 Å². The van der Waals surface area contributed by atoms with Gasteiger partial charge in [-0.15, -0.1) is 11.3 Å². The quantitative estimate of drug-likeness (QED) is 0.437. The number of hydrogen-bond acceptors (Lipinski definition) is 5. The van der Waals surface area contributed by atoms with E-state index < -0.39 is 5.69 Å². The Bertz CT molecular complexity index is 1540. The van der Waals surface area contributed by atoms with Gasteiger partial charge in [-0.3, -0.25) is 19.3 Å². The van der Waals surface area contributed by atoms with E-state index in [0.717, 1.165) is 59.4 Å². The molecule has 2 N–H and O–H groups in total. The van der Waals surface area contributed by atoms with Crippen molar-refractivity contribution >= 4 is 33.3 Å². The first-order chi connectivity index (χ1) is 16.3. The molecular formula is C25H27N5O3S. The highest BCUT2D eigenvalue weighted by atomic mass is 32.1. The molecule has 0 aliphatic heterocycles. The summed E-state index contributed by atoms with van der Waals surface area (Å²) in [4.78, 5) is 42.1. The molecule has 1 aliphatic rings. The molecular weight excluding hydrogens is 450 g/mol. The van der Waals surface area contributed by atoms with Crippen LogP contribution in [0.5, 0.6) is 0 Å². The number of hydrogen-bond donors (Lipinski definition) is 2. The Morgan fingerprint density at radius 3 is 2.62 bits per heavy atom. The highest BCUT2D eigenvalue weighted by Crippen LogP contribution is 2.33. The summed E-state index contributed by atoms with van der Waals surface area (Å²) >= 11 is 1.48. The molecule has 34 heavy (non-hydrogen) atoms. The van der Waals surface area contributed by atoms with Crippen LogP contribution in [0.3, 0.4) is 0 Å². The smallest absolute Gasteiger partial charge is 0.308 e. The van der Waals surface area contributed by atoms with Gasteiger partial charge in [-0.1, -0.05) is 12.5 Å². The van der Waals surface area contributed by atoms with Crippen molar-refractivity contribution in [1.82, 2.24) is 19.3 Å². The highest BCUT2D eigenvalue weighted by Gasteiger charge is 2.24. The number of aromatic amines is 1. The normalized spacial score (nSPS) is 13.6. The zero-order valence-electron chi connectivity index (χ0n) is 19.5. The third-order valence-corrected chi connectivity index (χ3v) is 7.83. The van der Waals surface area contributed by atoms with Crippen molar-refractivity contribution in [2.75, 3.05) is 5.32 Å². The van der Waals surface area contributed by atoms with E-state index in [1.807, 2.05) is 32.9 Å². The van der Waals surface area contributed by atoms with E-state index in [1.54, 1.807) is 12.1 Å². The fraction of sp³-hybridized carbons (Fsp3) is 0.360. The molecule has 0 saturated heterocycles. The van der Waals surface area contributed by atoms with Gasteiger partial charge >= 0.3 is 5.69 Å². The SMILES string of the molecule is Cc1cc(NC(=O)Cn2c(=O)n(-c3ccc(C)c(C)c3)c(=O)c3c4c(sc32)CCCCC4)n[nH]1. The number of nitrogens with zero attached hydrogens (tertiary/aromatic N) is 3. The van der Waals surface area contributed by atoms with Gasteiger partial charge < -0.3 is 5.32 Å². The maximum atomic E-state index is 13.8. The number of aromatic nitrogens is 4. The second-order valence-electron chi connectivity index (χ2n) is 9.01. The number of carbonyl (C=O) groups excluding carboxylic acids is 1. The largest absolute Gasteiger partial charge is 0.337 e. The van der Waals surface area contributed by atoms with Crippen LogP contribution in [0.1, 0.15) is 46.5 Å². The average Bonchev–Trinajstić information content (AvgIpc) is 3.28. The number of fused-ring (bicyclic) bond motifs is 3. The van der Waals surface area contributed by atoms with Gasteiger partial charge in [-0.05, 0) is 75.3 Å². The number of rotatable bonds is 4.